The molecule has 2 amide bonds. The average molecular weight is 379 g/mol. The van der Waals surface area contributed by atoms with E-state index in [4.69, 9.17) is 9.94 Å². The summed E-state index contributed by atoms with van der Waals surface area (Å²) in [5.74, 6) is -0.581. The quantitative estimate of drug-likeness (QED) is 0.541. The van der Waals surface area contributed by atoms with Crippen LogP contribution in [0.4, 0.5) is 4.79 Å². The van der Waals surface area contributed by atoms with E-state index in [-0.39, 0.29) is 12.7 Å². The van der Waals surface area contributed by atoms with Crippen molar-refractivity contribution < 1.29 is 19.5 Å². The lowest BCUT2D eigenvalue weighted by atomic mass is 10.1. The first-order valence-electron chi connectivity index (χ1n) is 9.08. The SMILES string of the molecule is Cn1c2c(c3ccccc31)CN(C(=O)OCc1ccc(C(=O)NO)cc1)CC2. The number of hydroxylamine groups is 1. The molecule has 0 fully saturated rings. The number of amides is 2. The highest BCUT2D eigenvalue weighted by atomic mass is 16.6. The van der Waals surface area contributed by atoms with Gasteiger partial charge < -0.3 is 14.2 Å². The molecular weight excluding hydrogens is 358 g/mol. The lowest BCUT2D eigenvalue weighted by Gasteiger charge is -2.27. The number of carbonyl (C=O) groups excluding carboxylic acids is 2. The van der Waals surface area contributed by atoms with Crippen molar-refractivity contribution in [3.8, 4) is 0 Å². The van der Waals surface area contributed by atoms with Gasteiger partial charge in [-0.25, -0.2) is 10.3 Å². The normalized spacial score (nSPS) is 13.3. The molecule has 2 aromatic carbocycles. The smallest absolute Gasteiger partial charge is 0.410 e. The van der Waals surface area contributed by atoms with Crippen LogP contribution in [0.2, 0.25) is 0 Å². The first-order chi connectivity index (χ1) is 13.6. The third-order valence-electron chi connectivity index (χ3n) is 5.25. The summed E-state index contributed by atoms with van der Waals surface area (Å²) in [7, 11) is 2.07. The molecule has 2 heterocycles. The van der Waals surface area contributed by atoms with E-state index in [0.717, 1.165) is 12.0 Å². The number of benzene rings is 2. The Bertz CT molecular complexity index is 1040. The first-order valence-corrected chi connectivity index (χ1v) is 9.08. The number of hydrogen-bond acceptors (Lipinski definition) is 4. The number of ether oxygens (including phenoxy) is 1. The molecule has 0 unspecified atom stereocenters. The Labute approximate surface area is 162 Å². The lowest BCUT2D eigenvalue weighted by molar-refractivity contribution is 0.0706. The van der Waals surface area contributed by atoms with Crippen molar-refractivity contribution in [3.05, 3.63) is 70.9 Å². The number of aromatic nitrogens is 1. The summed E-state index contributed by atoms with van der Waals surface area (Å²) >= 11 is 0. The Morgan fingerprint density at radius 2 is 1.89 bits per heavy atom. The van der Waals surface area contributed by atoms with E-state index in [1.807, 2.05) is 12.1 Å². The van der Waals surface area contributed by atoms with Gasteiger partial charge in [-0.2, -0.15) is 0 Å². The third-order valence-corrected chi connectivity index (χ3v) is 5.25. The topological polar surface area (TPSA) is 83.8 Å². The number of aryl methyl sites for hydroxylation is 1. The second kappa shape index (κ2) is 7.36. The Morgan fingerprint density at radius 3 is 2.64 bits per heavy atom. The minimum absolute atomic E-state index is 0.124. The van der Waals surface area contributed by atoms with Gasteiger partial charge in [-0.05, 0) is 23.8 Å². The van der Waals surface area contributed by atoms with Crippen molar-refractivity contribution in [2.24, 2.45) is 7.05 Å². The van der Waals surface area contributed by atoms with E-state index in [9.17, 15) is 9.59 Å². The van der Waals surface area contributed by atoms with E-state index in [1.165, 1.54) is 22.2 Å². The van der Waals surface area contributed by atoms with Gasteiger partial charge in [0.15, 0.2) is 0 Å². The maximum Gasteiger partial charge on any atom is 0.410 e. The predicted octanol–water partition coefficient (Wildman–Crippen LogP) is 2.99. The van der Waals surface area contributed by atoms with E-state index in [1.54, 1.807) is 34.6 Å². The number of fused-ring (bicyclic) bond motifs is 3. The van der Waals surface area contributed by atoms with Gasteiger partial charge in [-0.1, -0.05) is 30.3 Å². The van der Waals surface area contributed by atoms with Gasteiger partial charge >= 0.3 is 6.09 Å². The molecule has 3 aromatic rings. The van der Waals surface area contributed by atoms with Crippen molar-refractivity contribution in [3.63, 3.8) is 0 Å². The van der Waals surface area contributed by atoms with Gasteiger partial charge in [0, 0.05) is 47.7 Å². The number of para-hydroxylation sites is 1. The summed E-state index contributed by atoms with van der Waals surface area (Å²) in [6.45, 7) is 1.27. The fourth-order valence-corrected chi connectivity index (χ4v) is 3.74. The van der Waals surface area contributed by atoms with Crippen LogP contribution in [0.25, 0.3) is 10.9 Å². The molecule has 144 valence electrons. The standard InChI is InChI=1S/C21H21N3O4/c1-23-18-5-3-2-4-16(18)17-12-24(11-10-19(17)23)21(26)28-13-14-6-8-15(9-7-14)20(25)22-27/h2-9,27H,10-13H2,1H3,(H,22,25). The minimum atomic E-state index is -0.581. The molecule has 0 radical (unpaired) electrons. The third kappa shape index (κ3) is 3.20. The van der Waals surface area contributed by atoms with E-state index in [0.29, 0.717) is 18.7 Å². The number of hydrogen-bond donors (Lipinski definition) is 2. The van der Waals surface area contributed by atoms with Crippen molar-refractivity contribution in [2.45, 2.75) is 19.6 Å². The van der Waals surface area contributed by atoms with Crippen molar-refractivity contribution >= 4 is 22.9 Å². The van der Waals surface area contributed by atoms with Crippen LogP contribution < -0.4 is 5.48 Å². The van der Waals surface area contributed by atoms with Crippen molar-refractivity contribution in [1.29, 1.82) is 0 Å². The zero-order chi connectivity index (χ0) is 19.7. The maximum absolute atomic E-state index is 12.5. The van der Waals surface area contributed by atoms with Gasteiger partial charge in [0.25, 0.3) is 5.91 Å². The molecule has 2 N–H and O–H groups in total. The van der Waals surface area contributed by atoms with E-state index in [2.05, 4.69) is 23.7 Å². The molecule has 7 heteroatoms. The first kappa shape index (κ1) is 18.1. The summed E-state index contributed by atoms with van der Waals surface area (Å²) < 4.78 is 7.66. The summed E-state index contributed by atoms with van der Waals surface area (Å²) in [6.07, 6.45) is 0.441. The lowest BCUT2D eigenvalue weighted by Crippen LogP contribution is -2.36. The molecule has 1 aliphatic heterocycles. The molecule has 0 spiro atoms. The zero-order valence-corrected chi connectivity index (χ0v) is 15.5. The van der Waals surface area contributed by atoms with Crippen LogP contribution >= 0.6 is 0 Å². The molecule has 0 atom stereocenters. The summed E-state index contributed by atoms with van der Waals surface area (Å²) in [5, 5.41) is 9.82. The van der Waals surface area contributed by atoms with Crippen LogP contribution in [0, 0.1) is 0 Å². The fourth-order valence-electron chi connectivity index (χ4n) is 3.74. The number of carbonyl (C=O) groups is 2. The Hall–Kier alpha value is -3.32. The van der Waals surface area contributed by atoms with Gasteiger partial charge in [0.05, 0.1) is 6.54 Å². The average Bonchev–Trinajstić information content (AvgIpc) is 3.04. The molecule has 1 aliphatic rings. The largest absolute Gasteiger partial charge is 0.445 e. The van der Waals surface area contributed by atoms with Crippen LogP contribution in [0.15, 0.2) is 48.5 Å². The van der Waals surface area contributed by atoms with Crippen LogP contribution in [-0.4, -0.2) is 33.2 Å². The van der Waals surface area contributed by atoms with E-state index < -0.39 is 5.91 Å². The Balaban J connectivity index is 1.43. The second-order valence-electron chi connectivity index (χ2n) is 6.87. The second-order valence-corrected chi connectivity index (χ2v) is 6.87. The molecule has 0 aliphatic carbocycles. The molecule has 4 rings (SSSR count). The molecule has 7 nitrogen and oxygen atoms in total. The van der Waals surface area contributed by atoms with Crippen LogP contribution in [0.5, 0.6) is 0 Å². The van der Waals surface area contributed by atoms with Gasteiger partial charge in [-0.15, -0.1) is 0 Å². The van der Waals surface area contributed by atoms with E-state index >= 15 is 0 Å². The molecule has 1 aromatic heterocycles. The van der Waals surface area contributed by atoms with Crippen LogP contribution in [0.3, 0.4) is 0 Å². The summed E-state index contributed by atoms with van der Waals surface area (Å²) in [6, 6.07) is 14.7. The van der Waals surface area contributed by atoms with Gasteiger partial charge in [0.1, 0.15) is 6.61 Å². The maximum atomic E-state index is 12.5. The molecular formula is C21H21N3O4. The fraction of sp³-hybridized carbons (Fsp3) is 0.238. The predicted molar refractivity (Wildman–Crippen MR) is 103 cm³/mol. The number of nitrogens with one attached hydrogen (secondary N) is 1. The van der Waals surface area contributed by atoms with Crippen molar-refractivity contribution in [1.82, 2.24) is 14.9 Å². The summed E-state index contributed by atoms with van der Waals surface area (Å²) in [4.78, 5) is 25.6. The monoisotopic (exact) mass is 379 g/mol. The van der Waals surface area contributed by atoms with Crippen LogP contribution in [0.1, 0.15) is 27.2 Å². The molecule has 0 bridgehead atoms. The van der Waals surface area contributed by atoms with Gasteiger partial charge in [-0.3, -0.25) is 10.0 Å². The number of nitrogens with zero attached hydrogens (tertiary/aromatic N) is 2. The van der Waals surface area contributed by atoms with Crippen molar-refractivity contribution in [2.75, 3.05) is 6.54 Å². The van der Waals surface area contributed by atoms with Crippen LogP contribution in [-0.2, 0) is 31.4 Å². The highest BCUT2D eigenvalue weighted by molar-refractivity contribution is 5.93. The molecule has 28 heavy (non-hydrogen) atoms. The Kier molecular flexibility index (Phi) is 4.75. The molecule has 0 saturated heterocycles. The zero-order valence-electron chi connectivity index (χ0n) is 15.5. The highest BCUT2D eigenvalue weighted by Crippen LogP contribution is 2.30. The number of rotatable bonds is 3. The highest BCUT2D eigenvalue weighted by Gasteiger charge is 2.26. The molecule has 0 saturated carbocycles. The van der Waals surface area contributed by atoms with Gasteiger partial charge in [0.2, 0.25) is 0 Å². The summed E-state index contributed by atoms with van der Waals surface area (Å²) in [5.41, 5.74) is 6.31. The Morgan fingerprint density at radius 1 is 1.14 bits per heavy atom. The minimum Gasteiger partial charge on any atom is -0.445 e.